The van der Waals surface area contributed by atoms with E-state index >= 15 is 0 Å². The molecule has 0 aliphatic heterocycles. The molecule has 6 rings (SSSR count). The van der Waals surface area contributed by atoms with E-state index in [-0.39, 0.29) is 7.25 Å². The molecule has 0 saturated carbocycles. The molecule has 0 bridgehead atoms. The van der Waals surface area contributed by atoms with Crippen LogP contribution in [0.1, 0.15) is 67.3 Å². The van der Waals surface area contributed by atoms with Gasteiger partial charge in [-0.25, -0.2) is 0 Å². The maximum absolute atomic E-state index is 8.58. The molecule has 0 heterocycles. The van der Waals surface area contributed by atoms with Crippen molar-refractivity contribution in [3.8, 4) is 22.3 Å². The maximum atomic E-state index is 8.58. The Morgan fingerprint density at radius 3 is 1.31 bits per heavy atom. The Bertz CT molecular complexity index is 1610. The zero-order chi connectivity index (χ0) is 29.8. The molecular weight excluding hydrogens is 647 g/mol. The van der Waals surface area contributed by atoms with Crippen molar-refractivity contribution in [2.24, 2.45) is 0 Å². The monoisotopic (exact) mass is 685 g/mol. The number of hydrogen-bond donors (Lipinski definition) is 0. The van der Waals surface area contributed by atoms with E-state index in [0.29, 0.717) is 0 Å². The van der Waals surface area contributed by atoms with Gasteiger partial charge in [0.15, 0.2) is 0 Å². The molecule has 0 nitrogen and oxygen atoms in total. The Kier molecular flexibility index (Phi) is 8.02. The fourth-order valence-corrected chi connectivity index (χ4v) is 39.8. The van der Waals surface area contributed by atoms with Gasteiger partial charge in [-0.2, -0.15) is 0 Å². The molecule has 2 aliphatic rings. The summed E-state index contributed by atoms with van der Waals surface area (Å²) in [6, 6.07) is 31.0. The number of halogens is 2. The summed E-state index contributed by atoms with van der Waals surface area (Å²) in [7, 11) is 17.2. The van der Waals surface area contributed by atoms with Crippen molar-refractivity contribution in [3.63, 3.8) is 0 Å². The molecule has 2 aliphatic carbocycles. The van der Waals surface area contributed by atoms with Gasteiger partial charge in [0, 0.05) is 0 Å². The Morgan fingerprint density at radius 1 is 0.595 bits per heavy atom. The molecule has 0 radical (unpaired) electrons. The zero-order valence-corrected chi connectivity index (χ0v) is 30.8. The molecule has 215 valence electrons. The van der Waals surface area contributed by atoms with Crippen LogP contribution in [0.25, 0.3) is 34.4 Å². The van der Waals surface area contributed by atoms with E-state index in [4.69, 9.17) is 17.0 Å². The van der Waals surface area contributed by atoms with Crippen LogP contribution in [0.4, 0.5) is 0 Å². The van der Waals surface area contributed by atoms with Gasteiger partial charge in [-0.05, 0) is 0 Å². The summed E-state index contributed by atoms with van der Waals surface area (Å²) in [5, 5.41) is 0. The van der Waals surface area contributed by atoms with E-state index in [1.54, 1.807) is 0 Å². The Labute approximate surface area is 261 Å². The van der Waals surface area contributed by atoms with Crippen LogP contribution in [0.5, 0.6) is 0 Å². The second-order valence-corrected chi connectivity index (χ2v) is 55.2. The first-order valence-corrected chi connectivity index (χ1v) is 31.8. The van der Waals surface area contributed by atoms with Crippen molar-refractivity contribution in [3.05, 3.63) is 129 Å². The Balaban J connectivity index is 1.62. The topological polar surface area (TPSA) is 0 Å². The molecule has 42 heavy (non-hydrogen) atoms. The van der Waals surface area contributed by atoms with E-state index in [9.17, 15) is 0 Å². The molecule has 4 heteroatoms. The van der Waals surface area contributed by atoms with E-state index in [1.807, 2.05) is 0 Å². The number of rotatable bonds is 7. The number of fused-ring (bicyclic) bond motifs is 2. The molecular formula is C38H41Cl2SiZr. The number of hydrogen-bond acceptors (Lipinski definition) is 0. The van der Waals surface area contributed by atoms with Crippen molar-refractivity contribution in [1.29, 1.82) is 0 Å². The van der Waals surface area contributed by atoms with Crippen molar-refractivity contribution in [2.45, 2.75) is 60.9 Å². The zero-order valence-electron chi connectivity index (χ0n) is 25.6. The Morgan fingerprint density at radius 2 is 0.976 bits per heavy atom. The summed E-state index contributed by atoms with van der Waals surface area (Å²) < 4.78 is 0.244. The van der Waals surface area contributed by atoms with Crippen LogP contribution in [-0.2, 0) is 15.6 Å². The van der Waals surface area contributed by atoms with Crippen LogP contribution in [0.15, 0.2) is 96.1 Å². The van der Waals surface area contributed by atoms with Crippen LogP contribution >= 0.6 is 17.0 Å². The third kappa shape index (κ3) is 4.47. The molecule has 0 saturated heterocycles. The molecule has 0 amide bonds. The fraction of sp³-hybridized carbons (Fsp3) is 0.263. The molecule has 0 aromatic heterocycles. The SMILES string of the molecule is CCC1=Cc2c(ccc(C)c2-c2ccccc2)[CH]1[Zr]([Cl])([Cl])([CH]1C(CC)=Cc2c1ccc(C)c2-c1ccccc1)[SiH](C)C. The molecule has 0 N–H and O–H groups in total. The standard InChI is InChI=1S/2C18H17.C2H7Si.2ClH.Zr/c2*1-3-14-11-16-10-9-13(2)18(17(16)12-14)15-7-5-4-6-8-15;1-3-2;;;/h2*4-12H,3H2,1-2H3;3H,1-2H3;2*1H;/q;;;;;+2/p-2. The van der Waals surface area contributed by atoms with Gasteiger partial charge in [-0.3, -0.25) is 0 Å². The average Bonchev–Trinajstić information content (AvgIpc) is 3.57. The molecule has 2 atom stereocenters. The Hall–Kier alpha value is -1.96. The van der Waals surface area contributed by atoms with Crippen molar-refractivity contribution < 1.29 is 15.6 Å². The van der Waals surface area contributed by atoms with Gasteiger partial charge in [0.05, 0.1) is 0 Å². The molecule has 2 unspecified atom stereocenters. The predicted octanol–water partition coefficient (Wildman–Crippen LogP) is 12.0. The third-order valence-electron chi connectivity index (χ3n) is 10.1. The average molecular weight is 688 g/mol. The quantitative estimate of drug-likeness (QED) is 0.170. The van der Waals surface area contributed by atoms with E-state index in [2.05, 4.69) is 138 Å². The van der Waals surface area contributed by atoms with Gasteiger partial charge in [-0.1, -0.05) is 0 Å². The summed E-state index contributed by atoms with van der Waals surface area (Å²) in [6.07, 6.45) is 6.87. The van der Waals surface area contributed by atoms with Gasteiger partial charge in [-0.15, -0.1) is 0 Å². The van der Waals surface area contributed by atoms with Crippen LogP contribution in [0, 0.1) is 13.8 Å². The summed E-state index contributed by atoms with van der Waals surface area (Å²) >= 11 is -4.75. The second kappa shape index (κ2) is 11.2. The van der Waals surface area contributed by atoms with Crippen LogP contribution in [-0.4, -0.2) is 5.92 Å². The number of benzene rings is 4. The first-order valence-electron chi connectivity index (χ1n) is 15.5. The summed E-state index contributed by atoms with van der Waals surface area (Å²) in [4.78, 5) is 0. The fourth-order valence-electron chi connectivity index (χ4n) is 7.97. The predicted molar refractivity (Wildman–Crippen MR) is 186 cm³/mol. The van der Waals surface area contributed by atoms with Gasteiger partial charge in [0.25, 0.3) is 0 Å². The van der Waals surface area contributed by atoms with Gasteiger partial charge >= 0.3 is 263 Å². The van der Waals surface area contributed by atoms with Crippen LogP contribution < -0.4 is 0 Å². The van der Waals surface area contributed by atoms with Gasteiger partial charge in [0.1, 0.15) is 0 Å². The molecule has 0 spiro atoms. The first kappa shape index (κ1) is 30.1. The van der Waals surface area contributed by atoms with E-state index in [1.165, 1.54) is 66.8 Å². The molecule has 4 aromatic carbocycles. The molecule has 0 fully saturated rings. The third-order valence-corrected chi connectivity index (χ3v) is 62.0. The molecule has 4 aromatic rings. The van der Waals surface area contributed by atoms with Crippen LogP contribution in [0.2, 0.25) is 13.1 Å². The van der Waals surface area contributed by atoms with Crippen molar-refractivity contribution >= 4 is 35.1 Å². The van der Waals surface area contributed by atoms with Crippen molar-refractivity contribution in [2.75, 3.05) is 0 Å². The van der Waals surface area contributed by atoms with Crippen LogP contribution in [0.3, 0.4) is 0 Å². The number of aryl methyl sites for hydroxylation is 2. The summed E-state index contributed by atoms with van der Waals surface area (Å²) in [5.74, 6) is -1.59. The number of allylic oxidation sites excluding steroid dienone is 2. The van der Waals surface area contributed by atoms with E-state index in [0.717, 1.165) is 12.8 Å². The van der Waals surface area contributed by atoms with Gasteiger partial charge in [0.2, 0.25) is 0 Å². The second-order valence-electron chi connectivity index (χ2n) is 12.6. The normalized spacial score (nSPS) is 18.7. The summed E-state index contributed by atoms with van der Waals surface area (Å²) in [5.41, 5.74) is 16.1. The van der Waals surface area contributed by atoms with Gasteiger partial charge < -0.3 is 0 Å². The minimum absolute atomic E-state index is 0.122. The van der Waals surface area contributed by atoms with Crippen molar-refractivity contribution in [1.82, 2.24) is 0 Å². The first-order chi connectivity index (χ1) is 20.1. The summed E-state index contributed by atoms with van der Waals surface area (Å²) in [6.45, 7) is 13.9. The minimum atomic E-state index is -4.75. The van der Waals surface area contributed by atoms with E-state index < -0.39 is 21.5 Å².